The Hall–Kier alpha value is -3.84. The molecule has 2 aliphatic rings. The summed E-state index contributed by atoms with van der Waals surface area (Å²) < 4.78 is 0. The van der Waals surface area contributed by atoms with Crippen molar-refractivity contribution in [3.63, 3.8) is 0 Å². The lowest BCUT2D eigenvalue weighted by Gasteiger charge is -2.18. The number of nitrogens with one attached hydrogen (secondary N) is 1. The van der Waals surface area contributed by atoms with Crippen LogP contribution in [0, 0.1) is 0 Å². The maximum Gasteiger partial charge on any atom is 0.272 e. The third-order valence-electron chi connectivity index (χ3n) is 6.40. The second-order valence-corrected chi connectivity index (χ2v) is 8.14. The predicted octanol–water partition coefficient (Wildman–Crippen LogP) is 3.15. The van der Waals surface area contributed by atoms with Crippen LogP contribution in [0.2, 0.25) is 0 Å². The van der Waals surface area contributed by atoms with Gasteiger partial charge < -0.3 is 5.73 Å². The number of aromatic nitrogens is 3. The topological polar surface area (TPSA) is 105 Å². The first-order chi connectivity index (χ1) is 15.1. The molecule has 6 rings (SSSR count). The van der Waals surface area contributed by atoms with Gasteiger partial charge in [0.2, 0.25) is 5.91 Å². The highest BCUT2D eigenvalue weighted by molar-refractivity contribution is 6.14. The Morgan fingerprint density at radius 3 is 2.65 bits per heavy atom. The van der Waals surface area contributed by atoms with Gasteiger partial charge in [-0.05, 0) is 42.2 Å². The number of anilines is 2. The van der Waals surface area contributed by atoms with Crippen molar-refractivity contribution < 1.29 is 4.79 Å². The molecule has 0 saturated heterocycles. The molecular weight excluding hydrogens is 390 g/mol. The summed E-state index contributed by atoms with van der Waals surface area (Å²) in [5.41, 5.74) is 10.2. The smallest absolute Gasteiger partial charge is 0.272 e. The lowest BCUT2D eigenvalue weighted by Crippen LogP contribution is -2.28. The van der Waals surface area contributed by atoms with Crippen LogP contribution in [0.3, 0.4) is 0 Å². The van der Waals surface area contributed by atoms with E-state index in [2.05, 4.69) is 21.2 Å². The molecule has 152 valence electrons. The van der Waals surface area contributed by atoms with Gasteiger partial charge in [-0.2, -0.15) is 5.10 Å². The maximum atomic E-state index is 13.3. The summed E-state index contributed by atoms with van der Waals surface area (Å²) >= 11 is 0. The minimum atomic E-state index is -0.367. The van der Waals surface area contributed by atoms with Crippen molar-refractivity contribution in [3.8, 4) is 11.1 Å². The summed E-state index contributed by atoms with van der Waals surface area (Å²) in [6.07, 6.45) is 5.22. The molecular formula is C24H19N5O2. The van der Waals surface area contributed by atoms with Gasteiger partial charge in [-0.3, -0.25) is 19.5 Å². The van der Waals surface area contributed by atoms with Gasteiger partial charge in [-0.1, -0.05) is 30.3 Å². The largest absolute Gasteiger partial charge is 0.325 e. The summed E-state index contributed by atoms with van der Waals surface area (Å²) in [5.74, 6) is 0.112. The molecule has 0 atom stereocenters. The second kappa shape index (κ2) is 6.33. The number of carbonyl (C=O) groups excluding carboxylic acids is 1. The molecule has 1 aliphatic heterocycles. The number of nitrogens with two attached hydrogens (primary N) is 1. The van der Waals surface area contributed by atoms with Crippen LogP contribution >= 0.6 is 0 Å². The Kier molecular flexibility index (Phi) is 3.67. The number of benzene rings is 2. The normalized spacial score (nSPS) is 16.2. The quantitative estimate of drug-likeness (QED) is 0.541. The minimum Gasteiger partial charge on any atom is -0.325 e. The number of carbonyl (C=O) groups is 1. The Balaban J connectivity index is 1.47. The average molecular weight is 409 g/mol. The van der Waals surface area contributed by atoms with E-state index in [9.17, 15) is 9.59 Å². The number of hydrogen-bond acceptors (Lipinski definition) is 5. The van der Waals surface area contributed by atoms with Crippen LogP contribution in [0.4, 0.5) is 11.4 Å². The summed E-state index contributed by atoms with van der Waals surface area (Å²) in [6.45, 7) is 0.238. The zero-order valence-corrected chi connectivity index (χ0v) is 16.6. The molecule has 1 amide bonds. The van der Waals surface area contributed by atoms with Crippen LogP contribution in [-0.2, 0) is 16.8 Å². The van der Waals surface area contributed by atoms with E-state index in [0.717, 1.165) is 46.3 Å². The predicted molar refractivity (Wildman–Crippen MR) is 118 cm³/mol. The maximum absolute atomic E-state index is 13.3. The van der Waals surface area contributed by atoms with Crippen LogP contribution in [0.1, 0.15) is 24.1 Å². The highest BCUT2D eigenvalue weighted by atomic mass is 16.2. The number of aromatic amines is 1. The summed E-state index contributed by atoms with van der Waals surface area (Å²) in [5, 5.41) is 7.79. The third kappa shape index (κ3) is 2.50. The molecule has 1 aliphatic carbocycles. The Morgan fingerprint density at radius 2 is 1.84 bits per heavy atom. The molecule has 1 fully saturated rings. The number of pyridine rings is 1. The minimum absolute atomic E-state index is 0.112. The van der Waals surface area contributed by atoms with Gasteiger partial charge in [0.05, 0.1) is 34.1 Å². The van der Waals surface area contributed by atoms with E-state index in [1.54, 1.807) is 17.3 Å². The molecule has 1 saturated carbocycles. The van der Waals surface area contributed by atoms with Crippen LogP contribution in [0.15, 0.2) is 65.7 Å². The Bertz CT molecular complexity index is 1440. The zero-order valence-electron chi connectivity index (χ0n) is 16.6. The monoisotopic (exact) mass is 409 g/mol. The van der Waals surface area contributed by atoms with Crippen molar-refractivity contribution in [2.24, 2.45) is 5.73 Å². The zero-order chi connectivity index (χ0) is 21.2. The molecule has 7 heteroatoms. The van der Waals surface area contributed by atoms with E-state index >= 15 is 0 Å². The van der Waals surface area contributed by atoms with Crippen molar-refractivity contribution in [1.82, 2.24) is 15.2 Å². The number of amides is 1. The first-order valence-electron chi connectivity index (χ1n) is 10.2. The molecule has 4 aromatic rings. The molecule has 0 bridgehead atoms. The fourth-order valence-corrected chi connectivity index (χ4v) is 4.64. The van der Waals surface area contributed by atoms with Crippen molar-refractivity contribution in [1.29, 1.82) is 0 Å². The van der Waals surface area contributed by atoms with Gasteiger partial charge in [-0.25, -0.2) is 5.10 Å². The van der Waals surface area contributed by atoms with Crippen LogP contribution < -0.4 is 16.2 Å². The van der Waals surface area contributed by atoms with Gasteiger partial charge in [-0.15, -0.1) is 0 Å². The van der Waals surface area contributed by atoms with Gasteiger partial charge in [0.1, 0.15) is 0 Å². The molecule has 0 radical (unpaired) electrons. The second-order valence-electron chi connectivity index (χ2n) is 8.14. The number of nitrogens with zero attached hydrogens (tertiary/aromatic N) is 3. The molecule has 0 unspecified atom stereocenters. The van der Waals surface area contributed by atoms with Gasteiger partial charge in [0, 0.05) is 23.7 Å². The van der Waals surface area contributed by atoms with Gasteiger partial charge in [0.25, 0.3) is 5.56 Å². The molecule has 7 nitrogen and oxygen atoms in total. The lowest BCUT2D eigenvalue weighted by atomic mass is 9.98. The SMILES string of the molecule is NCc1n[nH]c(=O)c2cc(-c3cncc(N4C(=O)C5(CC5)c5ccccc54)c3)ccc12. The summed E-state index contributed by atoms with van der Waals surface area (Å²) in [4.78, 5) is 31.8. The third-order valence-corrected chi connectivity index (χ3v) is 6.40. The number of H-pyrrole nitrogens is 1. The van der Waals surface area contributed by atoms with Crippen molar-refractivity contribution in [2.45, 2.75) is 24.8 Å². The van der Waals surface area contributed by atoms with Crippen molar-refractivity contribution in [2.75, 3.05) is 4.90 Å². The van der Waals surface area contributed by atoms with E-state index in [1.165, 1.54) is 0 Å². The Morgan fingerprint density at radius 1 is 1.00 bits per heavy atom. The molecule has 31 heavy (non-hydrogen) atoms. The van der Waals surface area contributed by atoms with E-state index in [1.807, 2.05) is 42.5 Å². The van der Waals surface area contributed by atoms with Crippen LogP contribution in [0.25, 0.3) is 21.9 Å². The van der Waals surface area contributed by atoms with Crippen molar-refractivity contribution >= 4 is 28.1 Å². The molecule has 2 aromatic heterocycles. The fourth-order valence-electron chi connectivity index (χ4n) is 4.64. The highest BCUT2D eigenvalue weighted by Crippen LogP contribution is 2.58. The molecule has 1 spiro atoms. The molecule has 3 N–H and O–H groups in total. The lowest BCUT2D eigenvalue weighted by molar-refractivity contribution is -0.119. The van der Waals surface area contributed by atoms with E-state index in [0.29, 0.717) is 11.1 Å². The van der Waals surface area contributed by atoms with Gasteiger partial charge in [0.15, 0.2) is 0 Å². The van der Waals surface area contributed by atoms with Crippen molar-refractivity contribution in [3.05, 3.63) is 82.5 Å². The molecule has 3 heterocycles. The fraction of sp³-hybridized carbons (Fsp3) is 0.167. The van der Waals surface area contributed by atoms with E-state index in [-0.39, 0.29) is 23.4 Å². The highest BCUT2D eigenvalue weighted by Gasteiger charge is 2.59. The summed E-state index contributed by atoms with van der Waals surface area (Å²) in [7, 11) is 0. The number of hydrogen-bond donors (Lipinski definition) is 2. The first kappa shape index (κ1) is 18.0. The van der Waals surface area contributed by atoms with Crippen LogP contribution in [0.5, 0.6) is 0 Å². The van der Waals surface area contributed by atoms with E-state index in [4.69, 9.17) is 5.73 Å². The average Bonchev–Trinajstić information content (AvgIpc) is 3.58. The summed E-state index contributed by atoms with van der Waals surface area (Å²) in [6, 6.07) is 15.5. The Labute approximate surface area is 177 Å². The van der Waals surface area contributed by atoms with Gasteiger partial charge >= 0.3 is 0 Å². The van der Waals surface area contributed by atoms with E-state index < -0.39 is 0 Å². The number of rotatable bonds is 3. The first-order valence-corrected chi connectivity index (χ1v) is 10.2. The van der Waals surface area contributed by atoms with Crippen LogP contribution in [-0.4, -0.2) is 21.1 Å². The molecule has 2 aromatic carbocycles. The standard InChI is InChI=1S/C24H19N5O2/c25-11-20-17-6-5-14(10-18(17)22(30)28-27-20)15-9-16(13-26-12-15)29-21-4-2-1-3-19(21)24(7-8-24)23(29)31/h1-6,9-10,12-13H,7-8,11,25H2,(H,28,30). The number of para-hydroxylation sites is 1. The number of fused-ring (bicyclic) bond motifs is 3.